The van der Waals surface area contributed by atoms with E-state index in [9.17, 15) is 0 Å². The lowest BCUT2D eigenvalue weighted by molar-refractivity contribution is -2.00. The summed E-state index contributed by atoms with van der Waals surface area (Å²) in [6, 6.07) is 36.4. The number of hydrogen-bond acceptors (Lipinski definition) is 4. The maximum Gasteiger partial charge on any atom is 0.361 e. The van der Waals surface area contributed by atoms with Crippen LogP contribution < -0.4 is 18.6 Å². The lowest BCUT2D eigenvalue weighted by Gasteiger charge is -2.20. The van der Waals surface area contributed by atoms with Gasteiger partial charge in [-0.05, 0) is 64.9 Å². The SMILES string of the molecule is Cc1ccc2cc(C(C)(C)C)c(-c3cc(-c4ccccc4)[o+]c(-c4ccccc4)c3)c-2cc1.[O-][Cl+3]([O-])([O-])[O-]. The van der Waals surface area contributed by atoms with Crippen LogP contribution in [-0.2, 0) is 5.41 Å². The van der Waals surface area contributed by atoms with Gasteiger partial charge < -0.3 is 0 Å². The molecular formula is C32H29ClO5. The molecule has 0 fully saturated rings. The molecule has 38 heavy (non-hydrogen) atoms. The summed E-state index contributed by atoms with van der Waals surface area (Å²) in [7, 11) is -4.94. The predicted octanol–water partition coefficient (Wildman–Crippen LogP) is 4.52. The van der Waals surface area contributed by atoms with E-state index in [0.717, 1.165) is 22.6 Å². The second-order valence-electron chi connectivity index (χ2n) is 10.1. The fourth-order valence-electron chi connectivity index (χ4n) is 4.44. The Hall–Kier alpha value is -3.58. The van der Waals surface area contributed by atoms with Gasteiger partial charge in [0, 0.05) is 5.56 Å². The third kappa shape index (κ3) is 6.84. The van der Waals surface area contributed by atoms with Crippen LogP contribution in [0, 0.1) is 17.2 Å². The molecule has 6 heteroatoms. The monoisotopic (exact) mass is 528 g/mol. The minimum Gasteiger partial charge on any atom is -0.222 e. The Bertz CT molecular complexity index is 1420. The summed E-state index contributed by atoms with van der Waals surface area (Å²) in [4.78, 5) is 0. The molecule has 5 rings (SSSR count). The molecule has 0 unspecified atom stereocenters. The van der Waals surface area contributed by atoms with E-state index in [4.69, 9.17) is 23.1 Å². The number of benzene rings is 2. The second-order valence-corrected chi connectivity index (χ2v) is 10.9. The number of rotatable bonds is 3. The zero-order valence-electron chi connectivity index (χ0n) is 21.7. The Morgan fingerprint density at radius 1 is 0.579 bits per heavy atom. The minimum atomic E-state index is -4.94. The van der Waals surface area contributed by atoms with Gasteiger partial charge >= 0.3 is 11.5 Å². The number of hydrogen-bond donors (Lipinski definition) is 0. The molecule has 0 saturated carbocycles. The molecule has 3 aromatic rings. The first-order valence-corrected chi connectivity index (χ1v) is 13.4. The van der Waals surface area contributed by atoms with Crippen molar-refractivity contribution in [2.75, 3.05) is 0 Å². The van der Waals surface area contributed by atoms with E-state index in [1.54, 1.807) is 0 Å². The van der Waals surface area contributed by atoms with Gasteiger partial charge in [0.2, 0.25) is 0 Å². The van der Waals surface area contributed by atoms with E-state index >= 15 is 0 Å². The summed E-state index contributed by atoms with van der Waals surface area (Å²) in [5.74, 6) is 1.75. The molecule has 0 amide bonds. The van der Waals surface area contributed by atoms with Crippen LogP contribution in [0.2, 0.25) is 0 Å². The van der Waals surface area contributed by atoms with Gasteiger partial charge in [0.05, 0.1) is 23.3 Å². The molecule has 2 aliphatic carbocycles. The number of fused-ring (bicyclic) bond motifs is 1. The first-order chi connectivity index (χ1) is 17.9. The molecule has 5 nitrogen and oxygen atoms in total. The third-order valence-corrected chi connectivity index (χ3v) is 6.19. The van der Waals surface area contributed by atoms with Crippen LogP contribution in [0.1, 0.15) is 31.9 Å². The fourth-order valence-corrected chi connectivity index (χ4v) is 4.44. The fraction of sp³-hybridized carbons (Fsp3) is 0.156. The molecule has 2 aromatic carbocycles. The van der Waals surface area contributed by atoms with Crippen molar-refractivity contribution in [1.29, 1.82) is 0 Å². The third-order valence-electron chi connectivity index (χ3n) is 6.19. The first-order valence-electron chi connectivity index (χ1n) is 12.2. The van der Waals surface area contributed by atoms with Crippen molar-refractivity contribution in [3.63, 3.8) is 0 Å². The van der Waals surface area contributed by atoms with Gasteiger partial charge in [0.1, 0.15) is 0 Å². The van der Waals surface area contributed by atoms with Crippen LogP contribution >= 0.6 is 0 Å². The molecule has 0 bridgehead atoms. The van der Waals surface area contributed by atoms with Crippen molar-refractivity contribution in [3.05, 3.63) is 114 Å². The zero-order valence-corrected chi connectivity index (χ0v) is 22.5. The van der Waals surface area contributed by atoms with Gasteiger partial charge in [0.15, 0.2) is 0 Å². The molecule has 1 aromatic heterocycles. The number of halogens is 1. The van der Waals surface area contributed by atoms with Crippen LogP contribution in [0.25, 0.3) is 44.9 Å². The van der Waals surface area contributed by atoms with Gasteiger partial charge in [-0.25, -0.2) is 23.1 Å². The molecular weight excluding hydrogens is 500 g/mol. The molecule has 0 spiro atoms. The smallest absolute Gasteiger partial charge is 0.222 e. The Kier molecular flexibility index (Phi) is 7.97. The van der Waals surface area contributed by atoms with Crippen LogP contribution in [0.3, 0.4) is 0 Å². The van der Waals surface area contributed by atoms with Gasteiger partial charge in [0.25, 0.3) is 0 Å². The van der Waals surface area contributed by atoms with Crippen molar-refractivity contribution >= 4 is 0 Å². The van der Waals surface area contributed by atoms with Gasteiger partial charge in [-0.15, -0.1) is 10.2 Å². The standard InChI is InChI=1S/C32H29O.ClHO4/c1-22-15-17-25-19-28(32(2,3)4)31(27(25)18-16-22)26-20-29(23-11-7-5-8-12-23)33-30(21-26)24-13-9-6-10-14-24;2-1(3,4)5/h5-21H,1-4H3;(H,2,3,4,5)/q+1;/p-1. The molecule has 0 atom stereocenters. The summed E-state index contributed by atoms with van der Waals surface area (Å²) in [5, 5.41) is 0. The van der Waals surface area contributed by atoms with Crippen molar-refractivity contribution in [3.8, 4) is 44.9 Å². The molecule has 0 N–H and O–H groups in total. The van der Waals surface area contributed by atoms with Crippen molar-refractivity contribution < 1.29 is 33.3 Å². The summed E-state index contributed by atoms with van der Waals surface area (Å²) in [5.41, 5.74) is 9.79. The molecule has 0 saturated heterocycles. The van der Waals surface area contributed by atoms with Crippen molar-refractivity contribution in [2.45, 2.75) is 33.1 Å². The first kappa shape index (κ1) is 27.5. The summed E-state index contributed by atoms with van der Waals surface area (Å²) in [6.07, 6.45) is 0. The van der Waals surface area contributed by atoms with Gasteiger partial charge in [-0.3, -0.25) is 0 Å². The van der Waals surface area contributed by atoms with Crippen LogP contribution in [-0.4, -0.2) is 0 Å². The Balaban J connectivity index is 0.000000617. The number of aryl methyl sites for hydroxylation is 1. The van der Waals surface area contributed by atoms with Crippen LogP contribution in [0.5, 0.6) is 0 Å². The van der Waals surface area contributed by atoms with E-state index in [-0.39, 0.29) is 5.41 Å². The molecule has 2 aliphatic rings. The lowest BCUT2D eigenvalue weighted by Crippen LogP contribution is -2.68. The Morgan fingerprint density at radius 2 is 1.05 bits per heavy atom. The molecule has 0 radical (unpaired) electrons. The van der Waals surface area contributed by atoms with Crippen molar-refractivity contribution in [1.82, 2.24) is 0 Å². The van der Waals surface area contributed by atoms with Gasteiger partial charge in [-0.1, -0.05) is 87.0 Å². The van der Waals surface area contributed by atoms with Gasteiger partial charge in [-0.2, -0.15) is 0 Å². The van der Waals surface area contributed by atoms with Crippen molar-refractivity contribution in [2.24, 2.45) is 0 Å². The lowest BCUT2D eigenvalue weighted by atomic mass is 9.84. The van der Waals surface area contributed by atoms with E-state index in [0.29, 0.717) is 0 Å². The van der Waals surface area contributed by atoms with Crippen LogP contribution in [0.15, 0.2) is 108 Å². The highest BCUT2D eigenvalue weighted by Gasteiger charge is 2.28. The zero-order chi connectivity index (χ0) is 27.5. The second kappa shape index (κ2) is 11.0. The summed E-state index contributed by atoms with van der Waals surface area (Å²) in [6.45, 7) is 9.02. The molecule has 0 aliphatic heterocycles. The largest absolute Gasteiger partial charge is 0.361 e. The predicted molar refractivity (Wildman–Crippen MR) is 139 cm³/mol. The Labute approximate surface area is 225 Å². The topological polar surface area (TPSA) is 104 Å². The highest BCUT2D eigenvalue weighted by atomic mass is 35.7. The van der Waals surface area contributed by atoms with E-state index < -0.39 is 10.2 Å². The summed E-state index contributed by atoms with van der Waals surface area (Å²) < 4.78 is 40.4. The molecule has 1 heterocycles. The Morgan fingerprint density at radius 3 is 1.53 bits per heavy atom. The van der Waals surface area contributed by atoms with Crippen LogP contribution in [0.4, 0.5) is 0 Å². The van der Waals surface area contributed by atoms with E-state index in [2.05, 4.69) is 119 Å². The minimum absolute atomic E-state index is 0.00870. The molecule has 194 valence electrons. The van der Waals surface area contributed by atoms with E-state index in [1.807, 2.05) is 12.1 Å². The maximum absolute atomic E-state index is 8.49. The normalized spacial score (nSPS) is 11.7. The highest BCUT2D eigenvalue weighted by Crippen LogP contribution is 2.46. The quantitative estimate of drug-likeness (QED) is 0.320. The summed E-state index contributed by atoms with van der Waals surface area (Å²) >= 11 is 0. The maximum atomic E-state index is 8.49. The van der Waals surface area contributed by atoms with E-state index in [1.165, 1.54) is 33.4 Å². The highest BCUT2D eigenvalue weighted by molar-refractivity contribution is 5.92. The average Bonchev–Trinajstić information content (AvgIpc) is 3.15. The average molecular weight is 529 g/mol.